The minimum Gasteiger partial charge on any atom is -0.487 e. The molecule has 25 heavy (non-hydrogen) atoms. The van der Waals surface area contributed by atoms with Gasteiger partial charge in [0, 0.05) is 31.0 Å². The first-order valence-electron chi connectivity index (χ1n) is 8.04. The number of ether oxygens (including phenoxy) is 1. The lowest BCUT2D eigenvalue weighted by molar-refractivity contribution is 0.110. The van der Waals surface area contributed by atoms with E-state index in [0.717, 1.165) is 0 Å². The zero-order valence-corrected chi connectivity index (χ0v) is 13.5. The van der Waals surface area contributed by atoms with E-state index in [2.05, 4.69) is 4.98 Å². The molecule has 0 bridgehead atoms. The minimum atomic E-state index is -0.942. The molecule has 2 heterocycles. The van der Waals surface area contributed by atoms with Crippen molar-refractivity contribution >= 4 is 6.09 Å². The Labute approximate surface area is 143 Å². The van der Waals surface area contributed by atoms with E-state index in [1.54, 1.807) is 18.3 Å². The summed E-state index contributed by atoms with van der Waals surface area (Å²) in [5.74, 6) is -1.84. The van der Waals surface area contributed by atoms with Crippen LogP contribution in [0.2, 0.25) is 0 Å². The van der Waals surface area contributed by atoms with Gasteiger partial charge in [-0.1, -0.05) is 6.07 Å². The van der Waals surface area contributed by atoms with Gasteiger partial charge in [0.25, 0.3) is 0 Å². The molecule has 0 spiro atoms. The highest BCUT2D eigenvalue weighted by Crippen LogP contribution is 2.29. The Balaban J connectivity index is 1.65. The Morgan fingerprint density at radius 1 is 1.24 bits per heavy atom. The molecule has 0 radical (unpaired) electrons. The van der Waals surface area contributed by atoms with Crippen molar-refractivity contribution in [2.24, 2.45) is 5.92 Å². The van der Waals surface area contributed by atoms with E-state index in [-0.39, 0.29) is 12.5 Å². The van der Waals surface area contributed by atoms with Crippen LogP contribution in [-0.2, 0) is 0 Å². The Bertz CT molecular complexity index is 724. The molecule has 2 aromatic rings. The lowest BCUT2D eigenvalue weighted by Crippen LogP contribution is -2.38. The minimum absolute atomic E-state index is 0.0763. The summed E-state index contributed by atoms with van der Waals surface area (Å²) in [6, 6.07) is 5.86. The Kier molecular flexibility index (Phi) is 5.11. The maximum atomic E-state index is 14.2. The molecular formula is C18H18F2N2O3. The molecule has 7 heteroatoms. The first-order chi connectivity index (χ1) is 12.0. The Morgan fingerprint density at radius 2 is 1.92 bits per heavy atom. The van der Waals surface area contributed by atoms with Crippen molar-refractivity contribution in [2.75, 3.05) is 19.7 Å². The predicted octanol–water partition coefficient (Wildman–Crippen LogP) is 3.80. The van der Waals surface area contributed by atoms with E-state index >= 15 is 0 Å². The number of pyridine rings is 1. The molecule has 1 saturated heterocycles. The molecule has 1 aliphatic heterocycles. The Hall–Kier alpha value is -2.70. The van der Waals surface area contributed by atoms with Crippen molar-refractivity contribution in [3.8, 4) is 16.9 Å². The van der Waals surface area contributed by atoms with Crippen molar-refractivity contribution in [2.45, 2.75) is 12.8 Å². The third-order valence-corrected chi connectivity index (χ3v) is 4.34. The van der Waals surface area contributed by atoms with Gasteiger partial charge in [-0.25, -0.2) is 13.6 Å². The molecule has 1 aromatic heterocycles. The standard InChI is InChI=1S/C18H18F2N2O3/c19-15-8-14(13-2-1-5-21-10-13)9-16(20)17(15)25-11-12-3-6-22(7-4-12)18(23)24/h1-2,5,8-10,12H,3-4,6-7,11H2,(H,23,24). The SMILES string of the molecule is O=C(O)N1CCC(COc2c(F)cc(-c3cccnc3)cc2F)CC1. The van der Waals surface area contributed by atoms with Crippen LogP contribution >= 0.6 is 0 Å². The second-order valence-corrected chi connectivity index (χ2v) is 6.03. The largest absolute Gasteiger partial charge is 0.487 e. The van der Waals surface area contributed by atoms with Gasteiger partial charge >= 0.3 is 6.09 Å². The normalized spacial score (nSPS) is 15.2. The van der Waals surface area contributed by atoms with Crippen molar-refractivity contribution in [1.29, 1.82) is 0 Å². The Morgan fingerprint density at radius 3 is 2.48 bits per heavy atom. The highest BCUT2D eigenvalue weighted by atomic mass is 19.1. The van der Waals surface area contributed by atoms with Crippen LogP contribution in [0.3, 0.4) is 0 Å². The van der Waals surface area contributed by atoms with Gasteiger partial charge in [0.15, 0.2) is 17.4 Å². The average Bonchev–Trinajstić information content (AvgIpc) is 2.62. The van der Waals surface area contributed by atoms with Gasteiger partial charge < -0.3 is 14.7 Å². The van der Waals surface area contributed by atoms with E-state index in [1.807, 2.05) is 0 Å². The van der Waals surface area contributed by atoms with Crippen LogP contribution in [0.25, 0.3) is 11.1 Å². The summed E-state index contributed by atoms with van der Waals surface area (Å²) < 4.78 is 33.9. The molecular weight excluding hydrogens is 330 g/mol. The molecule has 1 aromatic carbocycles. The summed E-state index contributed by atoms with van der Waals surface area (Å²) in [6.45, 7) is 0.982. The second kappa shape index (κ2) is 7.46. The van der Waals surface area contributed by atoms with Crippen molar-refractivity contribution in [3.05, 3.63) is 48.3 Å². The van der Waals surface area contributed by atoms with Gasteiger partial charge in [0.1, 0.15) is 0 Å². The number of amides is 1. The topological polar surface area (TPSA) is 62.7 Å². The maximum absolute atomic E-state index is 14.2. The summed E-state index contributed by atoms with van der Waals surface area (Å²) in [5, 5.41) is 8.92. The van der Waals surface area contributed by atoms with E-state index in [9.17, 15) is 13.6 Å². The fourth-order valence-electron chi connectivity index (χ4n) is 2.89. The summed E-state index contributed by atoms with van der Waals surface area (Å²) in [7, 11) is 0. The van der Waals surface area contributed by atoms with Crippen molar-refractivity contribution < 1.29 is 23.4 Å². The smallest absolute Gasteiger partial charge is 0.407 e. The number of likely N-dealkylation sites (tertiary alicyclic amines) is 1. The monoisotopic (exact) mass is 348 g/mol. The number of hydrogen-bond acceptors (Lipinski definition) is 3. The lowest BCUT2D eigenvalue weighted by atomic mass is 9.98. The van der Waals surface area contributed by atoms with Crippen LogP contribution in [0.4, 0.5) is 13.6 Å². The fraction of sp³-hybridized carbons (Fsp3) is 0.333. The number of benzene rings is 1. The number of halogens is 2. The van der Waals surface area contributed by atoms with Gasteiger partial charge in [-0.15, -0.1) is 0 Å². The van der Waals surface area contributed by atoms with Crippen LogP contribution in [0.5, 0.6) is 5.75 Å². The van der Waals surface area contributed by atoms with E-state index in [1.165, 1.54) is 23.2 Å². The zero-order chi connectivity index (χ0) is 17.8. The molecule has 3 rings (SSSR count). The highest BCUT2D eigenvalue weighted by molar-refractivity contribution is 5.65. The predicted molar refractivity (Wildman–Crippen MR) is 87.4 cm³/mol. The van der Waals surface area contributed by atoms with E-state index in [4.69, 9.17) is 9.84 Å². The molecule has 0 atom stereocenters. The number of hydrogen-bond donors (Lipinski definition) is 1. The van der Waals surface area contributed by atoms with Gasteiger partial charge in [0.2, 0.25) is 0 Å². The lowest BCUT2D eigenvalue weighted by Gasteiger charge is -2.29. The number of carboxylic acid groups (broad SMARTS) is 1. The van der Waals surface area contributed by atoms with Crippen LogP contribution < -0.4 is 4.74 Å². The molecule has 1 fully saturated rings. The molecule has 1 amide bonds. The van der Waals surface area contributed by atoms with Crippen LogP contribution in [0.1, 0.15) is 12.8 Å². The number of aromatic nitrogens is 1. The number of rotatable bonds is 4. The van der Waals surface area contributed by atoms with Crippen LogP contribution in [0, 0.1) is 17.6 Å². The third-order valence-electron chi connectivity index (χ3n) is 4.34. The average molecular weight is 348 g/mol. The van der Waals surface area contributed by atoms with Gasteiger partial charge in [-0.3, -0.25) is 4.98 Å². The quantitative estimate of drug-likeness (QED) is 0.913. The van der Waals surface area contributed by atoms with Gasteiger partial charge in [-0.05, 0) is 42.5 Å². The molecule has 0 aliphatic carbocycles. The van der Waals surface area contributed by atoms with E-state index in [0.29, 0.717) is 37.1 Å². The third kappa shape index (κ3) is 4.04. The molecule has 5 nitrogen and oxygen atoms in total. The maximum Gasteiger partial charge on any atom is 0.407 e. The van der Waals surface area contributed by atoms with Crippen LogP contribution in [-0.4, -0.2) is 40.8 Å². The zero-order valence-electron chi connectivity index (χ0n) is 13.5. The number of carbonyl (C=O) groups is 1. The number of nitrogens with zero attached hydrogens (tertiary/aromatic N) is 2. The molecule has 0 saturated carbocycles. The summed E-state index contributed by atoms with van der Waals surface area (Å²) in [6.07, 6.45) is 3.41. The van der Waals surface area contributed by atoms with Crippen molar-refractivity contribution in [3.63, 3.8) is 0 Å². The highest BCUT2D eigenvalue weighted by Gasteiger charge is 2.23. The van der Waals surface area contributed by atoms with Crippen molar-refractivity contribution in [1.82, 2.24) is 9.88 Å². The summed E-state index contributed by atoms with van der Waals surface area (Å²) >= 11 is 0. The summed E-state index contributed by atoms with van der Waals surface area (Å²) in [4.78, 5) is 16.1. The molecule has 1 aliphatic rings. The molecule has 1 N–H and O–H groups in total. The second-order valence-electron chi connectivity index (χ2n) is 6.03. The first-order valence-corrected chi connectivity index (χ1v) is 8.04. The van der Waals surface area contributed by atoms with Gasteiger partial charge in [0.05, 0.1) is 6.61 Å². The van der Waals surface area contributed by atoms with Gasteiger partial charge in [-0.2, -0.15) is 0 Å². The summed E-state index contributed by atoms with van der Waals surface area (Å²) in [5.41, 5.74) is 1.01. The molecule has 132 valence electrons. The van der Waals surface area contributed by atoms with Crippen LogP contribution in [0.15, 0.2) is 36.7 Å². The number of piperidine rings is 1. The molecule has 0 unspecified atom stereocenters. The van der Waals surface area contributed by atoms with E-state index < -0.39 is 23.5 Å². The fourth-order valence-corrected chi connectivity index (χ4v) is 2.89. The first kappa shape index (κ1) is 17.1.